The summed E-state index contributed by atoms with van der Waals surface area (Å²) in [7, 11) is 6.11. The Labute approximate surface area is 417 Å². The fourth-order valence-corrected chi connectivity index (χ4v) is 15.9. The van der Waals surface area contributed by atoms with Crippen LogP contribution < -0.4 is 20.8 Å². The van der Waals surface area contributed by atoms with Gasteiger partial charge in [-0.25, -0.2) is 0 Å². The highest BCUT2D eigenvalue weighted by Crippen LogP contribution is 2.56. The molecule has 0 aliphatic carbocycles. The Morgan fingerprint density at radius 3 is 1.87 bits per heavy atom. The summed E-state index contributed by atoms with van der Waals surface area (Å²) >= 11 is 0. The summed E-state index contributed by atoms with van der Waals surface area (Å²) in [5.41, 5.74) is -1.89. The molecular formula is C57H91N3O8P+. The molecule has 2 fully saturated rings. The standard InChI is InChI=1S/C57H91N3O8P/c1-13-50-57(8,65)52(62)44(6)60(39-40(2)38-56(7,64)53(41(3)36-42(4)54(63)67-50)68-55-51(61)49(59(11)12)37-43(5)66-55)34-24-16-14-15-17-25-35-69(46-26-20-18-21-27-46,47-28-22-19-23-29-47)48-32-30-45(31-33-48)58(9)10/h18-23,26-33,40-44,49-53,55,61-62,64-65H,13-17,24-25,34-39H2,1-12H3/q+1/t40-,41+,42-,43-,44-,49+,50-,51-,52-,53-,55+,56-,57-/m1/s1. The first kappa shape index (κ1) is 56.9. The number of aliphatic hydroxyl groups is 4. The maximum Gasteiger partial charge on any atom is 0.309 e. The lowest BCUT2D eigenvalue weighted by Crippen LogP contribution is -2.59. The van der Waals surface area contributed by atoms with Crippen LogP contribution in [0, 0.1) is 17.8 Å². The van der Waals surface area contributed by atoms with Gasteiger partial charge in [0.2, 0.25) is 0 Å². The Bertz CT molecular complexity index is 1930. The number of anilines is 1. The SMILES string of the molecule is CC[C@H]1OC(=O)[C@H](C)C[C@H](C)[C@@H](O[C@@H]2O[C@H](C)C[C@H](N(C)C)[C@H]2O)[C@](C)(O)C[C@@H](C)CN(CCCCCCCC[P+](c2ccccc2)(c2ccccc2)c2ccc(N(C)C)cc2)[C@H](C)[C@@H](O)[C@]1(C)O. The summed E-state index contributed by atoms with van der Waals surface area (Å²) < 4.78 is 19.0. The number of ether oxygens (including phenoxy) is 3. The quantitative estimate of drug-likeness (QED) is 0.0601. The molecule has 3 aromatic carbocycles. The Balaban J connectivity index is 1.31. The number of aliphatic hydroxyl groups excluding tert-OH is 2. The van der Waals surface area contributed by atoms with Crippen molar-refractivity contribution in [3.05, 3.63) is 84.9 Å². The molecule has 0 radical (unpaired) electrons. The van der Waals surface area contributed by atoms with Gasteiger partial charge in [0.15, 0.2) is 6.29 Å². The minimum absolute atomic E-state index is 0.0529. The number of unbranched alkanes of at least 4 members (excludes halogenated alkanes) is 5. The number of hydrogen-bond donors (Lipinski definition) is 4. The molecule has 2 saturated heterocycles. The van der Waals surface area contributed by atoms with Gasteiger partial charge in [-0.2, -0.15) is 0 Å². The van der Waals surface area contributed by atoms with Gasteiger partial charge < -0.3 is 44.4 Å². The zero-order valence-electron chi connectivity index (χ0n) is 44.3. The number of carbonyl (C=O) groups is 1. The number of hydrogen-bond acceptors (Lipinski definition) is 11. The molecule has 0 aromatic heterocycles. The summed E-state index contributed by atoms with van der Waals surface area (Å²) in [6.45, 7) is 16.3. The molecule has 0 spiro atoms. The molecule has 3 aromatic rings. The van der Waals surface area contributed by atoms with Crippen molar-refractivity contribution in [1.82, 2.24) is 9.80 Å². The first-order valence-corrected chi connectivity index (χ1v) is 28.1. The molecule has 0 saturated carbocycles. The maximum atomic E-state index is 13.8. The van der Waals surface area contributed by atoms with Crippen LogP contribution in [0.2, 0.25) is 0 Å². The van der Waals surface area contributed by atoms with Crippen LogP contribution >= 0.6 is 7.26 Å². The van der Waals surface area contributed by atoms with Crippen molar-refractivity contribution in [2.75, 3.05) is 52.3 Å². The fourth-order valence-electron chi connectivity index (χ4n) is 11.5. The van der Waals surface area contributed by atoms with Crippen molar-refractivity contribution in [2.24, 2.45) is 17.8 Å². The van der Waals surface area contributed by atoms with Gasteiger partial charge in [-0.3, -0.25) is 9.69 Å². The van der Waals surface area contributed by atoms with Crippen LogP contribution in [0.25, 0.3) is 0 Å². The van der Waals surface area contributed by atoms with Crippen molar-refractivity contribution in [3.63, 3.8) is 0 Å². The highest BCUT2D eigenvalue weighted by Gasteiger charge is 2.49. The molecule has 0 bridgehead atoms. The number of esters is 1. The lowest BCUT2D eigenvalue weighted by molar-refractivity contribution is -0.295. The summed E-state index contributed by atoms with van der Waals surface area (Å²) in [4.78, 5) is 20.2. The van der Waals surface area contributed by atoms with Gasteiger partial charge in [0, 0.05) is 38.4 Å². The predicted molar refractivity (Wildman–Crippen MR) is 285 cm³/mol. The van der Waals surface area contributed by atoms with Crippen LogP contribution in [-0.2, 0) is 19.0 Å². The molecule has 12 heteroatoms. The van der Waals surface area contributed by atoms with E-state index >= 15 is 0 Å². The average molecular weight is 977 g/mol. The van der Waals surface area contributed by atoms with E-state index in [1.54, 1.807) is 20.8 Å². The third kappa shape index (κ3) is 14.4. The normalized spacial score (nSPS) is 32.5. The van der Waals surface area contributed by atoms with Gasteiger partial charge in [0.1, 0.15) is 47.1 Å². The van der Waals surface area contributed by atoms with Crippen LogP contribution in [0.4, 0.5) is 5.69 Å². The summed E-state index contributed by atoms with van der Waals surface area (Å²) in [5.74, 6) is -1.46. The zero-order valence-corrected chi connectivity index (χ0v) is 45.2. The molecule has 4 N–H and O–H groups in total. The fraction of sp³-hybridized carbons (Fsp3) is 0.667. The van der Waals surface area contributed by atoms with Gasteiger partial charge in [-0.15, -0.1) is 0 Å². The Morgan fingerprint density at radius 1 is 0.768 bits per heavy atom. The number of benzene rings is 3. The molecule has 13 atom stereocenters. The molecular weight excluding hydrogens is 886 g/mol. The van der Waals surface area contributed by atoms with Crippen molar-refractivity contribution in [3.8, 4) is 0 Å². The molecule has 0 unspecified atom stereocenters. The summed E-state index contributed by atoms with van der Waals surface area (Å²) in [6.07, 6.45) is 4.10. The lowest BCUT2D eigenvalue weighted by atomic mass is 9.79. The number of rotatable bonds is 17. The number of carbonyl (C=O) groups excluding carboxylic acids is 1. The number of nitrogens with zero attached hydrogens (tertiary/aromatic N) is 3. The van der Waals surface area contributed by atoms with E-state index in [2.05, 4.69) is 116 Å². The van der Waals surface area contributed by atoms with Crippen LogP contribution in [0.1, 0.15) is 120 Å². The highest BCUT2D eigenvalue weighted by atomic mass is 31.2. The largest absolute Gasteiger partial charge is 0.459 e. The first-order valence-electron chi connectivity index (χ1n) is 26.1. The van der Waals surface area contributed by atoms with Gasteiger partial charge >= 0.3 is 5.97 Å². The van der Waals surface area contributed by atoms with Crippen molar-refractivity contribution in [1.29, 1.82) is 0 Å². The molecule has 69 heavy (non-hydrogen) atoms. The first-order chi connectivity index (χ1) is 32.6. The van der Waals surface area contributed by atoms with Crippen LogP contribution in [0.3, 0.4) is 0 Å². The van der Waals surface area contributed by atoms with Crippen LogP contribution in [0.5, 0.6) is 0 Å². The average Bonchev–Trinajstić information content (AvgIpc) is 3.31. The summed E-state index contributed by atoms with van der Waals surface area (Å²) in [5, 5.41) is 52.3. The van der Waals surface area contributed by atoms with E-state index in [-0.39, 0.29) is 24.0 Å². The molecule has 11 nitrogen and oxygen atoms in total. The minimum Gasteiger partial charge on any atom is -0.459 e. The third-order valence-electron chi connectivity index (χ3n) is 15.4. The predicted octanol–water partition coefficient (Wildman–Crippen LogP) is 7.78. The smallest absolute Gasteiger partial charge is 0.309 e. The van der Waals surface area contributed by atoms with Gasteiger partial charge in [0.05, 0.1) is 29.9 Å². The van der Waals surface area contributed by atoms with Crippen molar-refractivity contribution >= 4 is 34.8 Å². The molecule has 2 aliphatic heterocycles. The minimum atomic E-state index is -1.93. The Kier molecular flexibility index (Phi) is 21.1. The second-order valence-corrected chi connectivity index (χ2v) is 25.5. The number of likely N-dealkylation sites (N-methyl/N-ethyl adjacent to an activating group) is 1. The van der Waals surface area contributed by atoms with Crippen LogP contribution in [0.15, 0.2) is 84.9 Å². The van der Waals surface area contributed by atoms with Gasteiger partial charge in [-0.1, -0.05) is 83.4 Å². The maximum absolute atomic E-state index is 13.8. The number of cyclic esters (lactones) is 1. The molecule has 2 aliphatic rings. The van der Waals surface area contributed by atoms with E-state index in [0.29, 0.717) is 38.8 Å². The lowest BCUT2D eigenvalue weighted by Gasteiger charge is -2.46. The molecule has 0 amide bonds. The van der Waals surface area contributed by atoms with E-state index in [0.717, 1.165) is 44.7 Å². The van der Waals surface area contributed by atoms with E-state index in [4.69, 9.17) is 14.2 Å². The topological polar surface area (TPSA) is 135 Å². The highest BCUT2D eigenvalue weighted by molar-refractivity contribution is 7.95. The molecule has 5 rings (SSSR count). The monoisotopic (exact) mass is 977 g/mol. The van der Waals surface area contributed by atoms with Gasteiger partial charge in [-0.05, 0) is 154 Å². The van der Waals surface area contributed by atoms with E-state index < -0.39 is 67.1 Å². The van der Waals surface area contributed by atoms with E-state index in [9.17, 15) is 25.2 Å². The Hall–Kier alpha value is -2.96. The molecule has 2 heterocycles. The second kappa shape index (κ2) is 25.6. The van der Waals surface area contributed by atoms with Crippen molar-refractivity contribution < 1.29 is 39.4 Å². The van der Waals surface area contributed by atoms with Crippen LogP contribution in [-0.4, -0.2) is 144 Å². The van der Waals surface area contributed by atoms with Crippen molar-refractivity contribution in [2.45, 2.75) is 180 Å². The van der Waals surface area contributed by atoms with E-state index in [1.165, 1.54) is 21.6 Å². The second-order valence-electron chi connectivity index (χ2n) is 21.9. The molecule has 386 valence electrons. The summed E-state index contributed by atoms with van der Waals surface area (Å²) in [6, 6.07) is 30.8. The zero-order chi connectivity index (χ0) is 50.7. The van der Waals surface area contributed by atoms with Gasteiger partial charge in [0.25, 0.3) is 0 Å². The Morgan fingerprint density at radius 2 is 1.32 bits per heavy atom. The third-order valence-corrected chi connectivity index (χ3v) is 20.0. The van der Waals surface area contributed by atoms with E-state index in [1.807, 2.05) is 46.7 Å².